The van der Waals surface area contributed by atoms with Crippen LogP contribution in [0.25, 0.3) is 0 Å². The number of fused-ring (bicyclic) bond motifs is 1. The normalized spacial score (nSPS) is 19.4. The molecule has 1 aliphatic heterocycles. The monoisotopic (exact) mass is 311 g/mol. The van der Waals surface area contributed by atoms with Crippen LogP contribution >= 0.6 is 0 Å². The summed E-state index contributed by atoms with van der Waals surface area (Å²) in [7, 11) is -2.38. The molecule has 114 valence electrons. The van der Waals surface area contributed by atoms with E-state index < -0.39 is 22.0 Å². The lowest BCUT2D eigenvalue weighted by Crippen LogP contribution is -2.33. The fraction of sp³-hybridized carbons (Fsp3) is 0.429. The molecular weight excluding hydrogens is 294 g/mol. The molecule has 0 radical (unpaired) electrons. The van der Waals surface area contributed by atoms with Crippen molar-refractivity contribution in [2.24, 2.45) is 0 Å². The quantitative estimate of drug-likeness (QED) is 0.827. The summed E-state index contributed by atoms with van der Waals surface area (Å²) in [6, 6.07) is 4.80. The number of terminal acetylenes is 1. The molecule has 0 amide bonds. The van der Waals surface area contributed by atoms with Crippen LogP contribution in [0.1, 0.15) is 19.4 Å². The van der Waals surface area contributed by atoms with Gasteiger partial charge in [0.1, 0.15) is 11.5 Å². The minimum absolute atomic E-state index is 0.131. The molecule has 1 unspecified atom stereocenters. The summed E-state index contributed by atoms with van der Waals surface area (Å²) < 4.78 is 41.3. The fourth-order valence-corrected chi connectivity index (χ4v) is 2.86. The van der Waals surface area contributed by atoms with Crippen molar-refractivity contribution in [3.63, 3.8) is 0 Å². The highest BCUT2D eigenvalue weighted by atomic mass is 32.2. The highest BCUT2D eigenvalue weighted by Gasteiger charge is 2.42. The molecule has 1 aliphatic rings. The molecule has 1 N–H and O–H groups in total. The van der Waals surface area contributed by atoms with Gasteiger partial charge >= 0.3 is 10.3 Å². The zero-order valence-corrected chi connectivity index (χ0v) is 12.9. The van der Waals surface area contributed by atoms with E-state index in [2.05, 4.69) is 10.6 Å². The molecule has 0 aromatic heterocycles. The lowest BCUT2D eigenvalue weighted by molar-refractivity contribution is -0.0779. The Labute approximate surface area is 124 Å². The standard InChI is InChI=1S/C14H17NO5S/c1-5-8-15-21(16,17)20-10-6-7-12-11(9-10)14(2,3)13(18-4)19-12/h1,6-7,9,13,15H,8H2,2-4H3. The predicted molar refractivity (Wildman–Crippen MR) is 77.3 cm³/mol. The van der Waals surface area contributed by atoms with Crippen molar-refractivity contribution in [2.75, 3.05) is 13.7 Å². The maximum Gasteiger partial charge on any atom is 0.383 e. The van der Waals surface area contributed by atoms with Gasteiger partial charge in [0.2, 0.25) is 6.29 Å². The summed E-state index contributed by atoms with van der Waals surface area (Å²) in [5.41, 5.74) is 0.401. The van der Waals surface area contributed by atoms with Crippen LogP contribution in [0.4, 0.5) is 0 Å². The molecular formula is C14H17NO5S. The summed E-state index contributed by atoms with van der Waals surface area (Å²) in [5, 5.41) is 0. The predicted octanol–water partition coefficient (Wildman–Crippen LogP) is 1.18. The topological polar surface area (TPSA) is 73.9 Å². The number of nitrogens with one attached hydrogen (secondary N) is 1. The van der Waals surface area contributed by atoms with E-state index in [0.717, 1.165) is 5.56 Å². The van der Waals surface area contributed by atoms with Crippen LogP contribution in [0.2, 0.25) is 0 Å². The first kappa shape index (κ1) is 15.6. The Morgan fingerprint density at radius 2 is 2.19 bits per heavy atom. The van der Waals surface area contributed by atoms with Crippen LogP contribution in [-0.2, 0) is 20.5 Å². The van der Waals surface area contributed by atoms with E-state index in [-0.39, 0.29) is 12.3 Å². The van der Waals surface area contributed by atoms with Crippen molar-refractivity contribution in [1.82, 2.24) is 4.72 Å². The number of ether oxygens (including phenoxy) is 2. The van der Waals surface area contributed by atoms with E-state index in [9.17, 15) is 8.42 Å². The number of benzene rings is 1. The Balaban J connectivity index is 2.26. The van der Waals surface area contributed by atoms with Gasteiger partial charge in [-0.25, -0.2) is 0 Å². The first-order valence-electron chi connectivity index (χ1n) is 6.26. The molecule has 21 heavy (non-hydrogen) atoms. The zero-order valence-electron chi connectivity index (χ0n) is 12.0. The Morgan fingerprint density at radius 3 is 2.81 bits per heavy atom. The lowest BCUT2D eigenvalue weighted by atomic mass is 9.85. The summed E-state index contributed by atoms with van der Waals surface area (Å²) in [6.07, 6.45) is 4.57. The molecule has 0 fully saturated rings. The molecule has 7 heteroatoms. The number of hydrogen-bond acceptors (Lipinski definition) is 5. The van der Waals surface area contributed by atoms with Crippen LogP contribution < -0.4 is 13.6 Å². The average molecular weight is 311 g/mol. The second kappa shape index (κ2) is 5.56. The van der Waals surface area contributed by atoms with Crippen molar-refractivity contribution >= 4 is 10.3 Å². The van der Waals surface area contributed by atoms with E-state index in [1.165, 1.54) is 6.07 Å². The third kappa shape index (κ3) is 3.13. The minimum Gasteiger partial charge on any atom is -0.464 e. The number of methoxy groups -OCH3 is 1. The smallest absolute Gasteiger partial charge is 0.383 e. The SMILES string of the molecule is C#CCNS(=O)(=O)Oc1ccc2c(c1)C(C)(C)C(OC)O2. The second-order valence-corrected chi connectivity index (χ2v) is 6.49. The molecule has 0 saturated heterocycles. The largest absolute Gasteiger partial charge is 0.464 e. The van der Waals surface area contributed by atoms with Crippen molar-refractivity contribution in [2.45, 2.75) is 25.6 Å². The molecule has 1 atom stereocenters. The summed E-state index contributed by atoms with van der Waals surface area (Å²) >= 11 is 0. The fourth-order valence-electron chi connectivity index (χ4n) is 2.19. The molecule has 0 aliphatic carbocycles. The van der Waals surface area contributed by atoms with Gasteiger partial charge in [0.25, 0.3) is 0 Å². The van der Waals surface area contributed by atoms with E-state index in [1.54, 1.807) is 19.2 Å². The Morgan fingerprint density at radius 1 is 1.48 bits per heavy atom. The second-order valence-electron chi connectivity index (χ2n) is 5.13. The number of rotatable bonds is 5. The Bertz CT molecular complexity index is 675. The van der Waals surface area contributed by atoms with Crippen molar-refractivity contribution in [1.29, 1.82) is 0 Å². The van der Waals surface area contributed by atoms with Crippen LogP contribution in [0, 0.1) is 12.3 Å². The molecule has 0 spiro atoms. The molecule has 0 bridgehead atoms. The highest BCUT2D eigenvalue weighted by molar-refractivity contribution is 7.85. The van der Waals surface area contributed by atoms with Gasteiger partial charge in [-0.2, -0.15) is 13.1 Å². The van der Waals surface area contributed by atoms with Crippen LogP contribution in [0.3, 0.4) is 0 Å². The van der Waals surface area contributed by atoms with Gasteiger partial charge in [-0.3, -0.25) is 0 Å². The van der Waals surface area contributed by atoms with Crippen molar-refractivity contribution in [3.05, 3.63) is 23.8 Å². The van der Waals surface area contributed by atoms with Crippen LogP contribution in [0.5, 0.6) is 11.5 Å². The molecule has 0 saturated carbocycles. The van der Waals surface area contributed by atoms with Crippen molar-refractivity contribution < 1.29 is 22.1 Å². The van der Waals surface area contributed by atoms with Crippen LogP contribution in [0.15, 0.2) is 18.2 Å². The van der Waals surface area contributed by atoms with Crippen LogP contribution in [-0.4, -0.2) is 28.4 Å². The summed E-state index contributed by atoms with van der Waals surface area (Å²) in [4.78, 5) is 0. The Hall–Kier alpha value is -1.75. The highest BCUT2D eigenvalue weighted by Crippen LogP contribution is 2.44. The third-order valence-corrected chi connectivity index (χ3v) is 4.15. The maximum absolute atomic E-state index is 11.7. The van der Waals surface area contributed by atoms with Crippen molar-refractivity contribution in [3.8, 4) is 23.8 Å². The summed E-state index contributed by atoms with van der Waals surface area (Å²) in [6.45, 7) is 3.76. The lowest BCUT2D eigenvalue weighted by Gasteiger charge is -2.24. The Kier molecular flexibility index (Phi) is 4.14. The van der Waals surface area contributed by atoms with Gasteiger partial charge in [0.05, 0.1) is 12.0 Å². The average Bonchev–Trinajstić information content (AvgIpc) is 2.67. The summed E-state index contributed by atoms with van der Waals surface area (Å²) in [5.74, 6) is 3.00. The molecule has 2 rings (SSSR count). The van der Waals surface area contributed by atoms with E-state index in [0.29, 0.717) is 5.75 Å². The van der Waals surface area contributed by atoms with E-state index in [4.69, 9.17) is 20.1 Å². The van der Waals surface area contributed by atoms with Gasteiger partial charge in [0, 0.05) is 12.7 Å². The molecule has 1 aromatic carbocycles. The van der Waals surface area contributed by atoms with Gasteiger partial charge in [-0.1, -0.05) is 5.92 Å². The minimum atomic E-state index is -3.94. The molecule has 1 heterocycles. The zero-order chi connectivity index (χ0) is 15.7. The van der Waals surface area contributed by atoms with E-state index in [1.807, 2.05) is 13.8 Å². The maximum atomic E-state index is 11.7. The molecule has 6 nitrogen and oxygen atoms in total. The first-order valence-corrected chi connectivity index (χ1v) is 7.67. The third-order valence-electron chi connectivity index (χ3n) is 3.24. The van der Waals surface area contributed by atoms with Gasteiger partial charge in [-0.05, 0) is 32.0 Å². The number of hydrogen-bond donors (Lipinski definition) is 1. The van der Waals surface area contributed by atoms with E-state index >= 15 is 0 Å². The van der Waals surface area contributed by atoms with Gasteiger partial charge < -0.3 is 13.7 Å². The van der Waals surface area contributed by atoms with Gasteiger partial charge in [-0.15, -0.1) is 6.42 Å². The first-order chi connectivity index (χ1) is 9.80. The molecule has 1 aromatic rings. The van der Waals surface area contributed by atoms with Gasteiger partial charge in [0.15, 0.2) is 0 Å².